The van der Waals surface area contributed by atoms with Gasteiger partial charge in [-0.25, -0.2) is 4.79 Å². The summed E-state index contributed by atoms with van der Waals surface area (Å²) in [5, 5.41) is 2.83. The minimum Gasteiger partial charge on any atom is -0.438 e. The van der Waals surface area contributed by atoms with Crippen molar-refractivity contribution < 1.29 is 9.53 Å². The molecule has 1 aromatic carbocycles. The van der Waals surface area contributed by atoms with Crippen LogP contribution in [-0.2, 0) is 10.3 Å². The van der Waals surface area contributed by atoms with Crippen LogP contribution in [0.15, 0.2) is 24.3 Å². The van der Waals surface area contributed by atoms with Crippen molar-refractivity contribution in [1.82, 2.24) is 4.90 Å². The van der Waals surface area contributed by atoms with Crippen molar-refractivity contribution in [2.45, 2.75) is 44.1 Å². The lowest BCUT2D eigenvalue weighted by Gasteiger charge is -2.44. The van der Waals surface area contributed by atoms with Crippen molar-refractivity contribution in [1.29, 1.82) is 0 Å². The quantitative estimate of drug-likeness (QED) is 0.905. The molecule has 1 amide bonds. The van der Waals surface area contributed by atoms with Gasteiger partial charge in [-0.1, -0.05) is 31.0 Å². The standard InChI is InChI=1S/C18H24N2O2/c21-17-19-16-8-4-3-7-15(16)18(22-17)9-11-20(12-10-18)13-14-5-1-2-6-14/h3-4,7-8,14H,1-2,5-6,9-13H2,(H,19,21). The molecule has 2 fully saturated rings. The van der Waals surface area contributed by atoms with Gasteiger partial charge < -0.3 is 9.64 Å². The Hall–Kier alpha value is -1.55. The zero-order valence-electron chi connectivity index (χ0n) is 13.0. The lowest BCUT2D eigenvalue weighted by molar-refractivity contribution is -0.0400. The Labute approximate surface area is 131 Å². The number of piperidine rings is 1. The summed E-state index contributed by atoms with van der Waals surface area (Å²) in [7, 11) is 0. The first-order valence-corrected chi connectivity index (χ1v) is 8.57. The molecule has 2 heterocycles. The van der Waals surface area contributed by atoms with E-state index in [0.717, 1.165) is 43.1 Å². The normalized spacial score (nSPS) is 24.8. The number of rotatable bonds is 2. The van der Waals surface area contributed by atoms with Gasteiger partial charge in [-0.05, 0) is 24.8 Å². The first kappa shape index (κ1) is 14.1. The highest BCUT2D eigenvalue weighted by Gasteiger charge is 2.44. The highest BCUT2D eigenvalue weighted by molar-refractivity contribution is 5.88. The number of carbonyl (C=O) groups excluding carboxylic acids is 1. The van der Waals surface area contributed by atoms with Crippen LogP contribution in [0.1, 0.15) is 44.1 Å². The van der Waals surface area contributed by atoms with Gasteiger partial charge in [0.15, 0.2) is 0 Å². The molecule has 1 aromatic rings. The molecular formula is C18H24N2O2. The average molecular weight is 300 g/mol. The molecule has 0 bridgehead atoms. The van der Waals surface area contributed by atoms with E-state index in [0.29, 0.717) is 0 Å². The Balaban J connectivity index is 1.48. The van der Waals surface area contributed by atoms with Gasteiger partial charge in [-0.3, -0.25) is 5.32 Å². The van der Waals surface area contributed by atoms with Crippen molar-refractivity contribution in [3.05, 3.63) is 29.8 Å². The molecule has 118 valence electrons. The summed E-state index contributed by atoms with van der Waals surface area (Å²) >= 11 is 0. The predicted molar refractivity (Wildman–Crippen MR) is 85.9 cm³/mol. The van der Waals surface area contributed by atoms with Gasteiger partial charge in [0.1, 0.15) is 5.60 Å². The second-order valence-corrected chi connectivity index (χ2v) is 7.01. The van der Waals surface area contributed by atoms with E-state index in [1.54, 1.807) is 0 Å². The van der Waals surface area contributed by atoms with Crippen LogP contribution >= 0.6 is 0 Å². The zero-order valence-corrected chi connectivity index (χ0v) is 13.0. The van der Waals surface area contributed by atoms with E-state index in [1.165, 1.54) is 32.2 Å². The average Bonchev–Trinajstić information content (AvgIpc) is 3.03. The van der Waals surface area contributed by atoms with E-state index in [9.17, 15) is 4.79 Å². The smallest absolute Gasteiger partial charge is 0.412 e. The maximum atomic E-state index is 11.9. The number of carbonyl (C=O) groups is 1. The fraction of sp³-hybridized carbons (Fsp3) is 0.611. The number of fused-ring (bicyclic) bond motifs is 2. The Morgan fingerprint density at radius 2 is 1.91 bits per heavy atom. The number of amides is 1. The Morgan fingerprint density at radius 1 is 1.18 bits per heavy atom. The van der Waals surface area contributed by atoms with Gasteiger partial charge in [0.05, 0.1) is 5.69 Å². The first-order chi connectivity index (χ1) is 10.8. The molecule has 3 aliphatic rings. The molecule has 1 saturated heterocycles. The molecule has 1 spiro atoms. The van der Waals surface area contributed by atoms with E-state index in [1.807, 2.05) is 18.2 Å². The number of ether oxygens (including phenoxy) is 1. The van der Waals surface area contributed by atoms with E-state index in [4.69, 9.17) is 4.74 Å². The maximum absolute atomic E-state index is 11.9. The van der Waals surface area contributed by atoms with Crippen LogP contribution in [0, 0.1) is 5.92 Å². The number of anilines is 1. The third-order valence-corrected chi connectivity index (χ3v) is 5.60. The van der Waals surface area contributed by atoms with Gasteiger partial charge in [-0.15, -0.1) is 0 Å². The molecular weight excluding hydrogens is 276 g/mol. The van der Waals surface area contributed by atoms with E-state index >= 15 is 0 Å². The van der Waals surface area contributed by atoms with Crippen molar-refractivity contribution in [2.24, 2.45) is 5.92 Å². The summed E-state index contributed by atoms with van der Waals surface area (Å²) in [4.78, 5) is 14.5. The molecule has 1 saturated carbocycles. The second-order valence-electron chi connectivity index (χ2n) is 7.01. The third-order valence-electron chi connectivity index (χ3n) is 5.60. The SMILES string of the molecule is O=C1Nc2ccccc2C2(CCN(CC3CCCC3)CC2)O1. The van der Waals surface area contributed by atoms with Crippen LogP contribution in [0.3, 0.4) is 0 Å². The van der Waals surface area contributed by atoms with Crippen LogP contribution < -0.4 is 5.32 Å². The van der Waals surface area contributed by atoms with Gasteiger partial charge in [0.2, 0.25) is 0 Å². The molecule has 4 nitrogen and oxygen atoms in total. The Kier molecular flexibility index (Phi) is 3.57. The van der Waals surface area contributed by atoms with Crippen LogP contribution in [0.5, 0.6) is 0 Å². The molecule has 0 atom stereocenters. The van der Waals surface area contributed by atoms with E-state index in [2.05, 4.69) is 16.3 Å². The van der Waals surface area contributed by atoms with Gasteiger partial charge in [0, 0.05) is 38.0 Å². The van der Waals surface area contributed by atoms with Gasteiger partial charge >= 0.3 is 6.09 Å². The van der Waals surface area contributed by atoms with Crippen LogP contribution in [0.25, 0.3) is 0 Å². The molecule has 0 radical (unpaired) electrons. The molecule has 22 heavy (non-hydrogen) atoms. The molecule has 4 rings (SSSR count). The van der Waals surface area contributed by atoms with Crippen molar-refractivity contribution in [3.8, 4) is 0 Å². The minimum absolute atomic E-state index is 0.303. The van der Waals surface area contributed by atoms with Crippen LogP contribution in [0.2, 0.25) is 0 Å². The Bertz CT molecular complexity index is 558. The largest absolute Gasteiger partial charge is 0.438 e. The van der Waals surface area contributed by atoms with Crippen molar-refractivity contribution in [2.75, 3.05) is 25.0 Å². The lowest BCUT2D eigenvalue weighted by atomic mass is 9.82. The van der Waals surface area contributed by atoms with Gasteiger partial charge in [-0.2, -0.15) is 0 Å². The number of hydrogen-bond acceptors (Lipinski definition) is 3. The molecule has 1 aliphatic carbocycles. The van der Waals surface area contributed by atoms with Crippen LogP contribution in [-0.4, -0.2) is 30.6 Å². The first-order valence-electron chi connectivity index (χ1n) is 8.57. The fourth-order valence-corrected chi connectivity index (χ4v) is 4.38. The minimum atomic E-state index is -0.412. The van der Waals surface area contributed by atoms with Crippen molar-refractivity contribution >= 4 is 11.8 Å². The summed E-state index contributed by atoms with van der Waals surface area (Å²) in [5.74, 6) is 0.886. The summed E-state index contributed by atoms with van der Waals surface area (Å²) in [5.41, 5.74) is 1.66. The predicted octanol–water partition coefficient (Wildman–Crippen LogP) is 3.73. The lowest BCUT2D eigenvalue weighted by Crippen LogP contribution is -2.49. The Morgan fingerprint density at radius 3 is 2.68 bits per heavy atom. The summed E-state index contributed by atoms with van der Waals surface area (Å²) in [6.45, 7) is 3.28. The number of para-hydroxylation sites is 1. The highest BCUT2D eigenvalue weighted by atomic mass is 16.6. The molecule has 0 aromatic heterocycles. The molecule has 0 unspecified atom stereocenters. The fourth-order valence-electron chi connectivity index (χ4n) is 4.38. The summed E-state index contributed by atoms with van der Waals surface area (Å²) in [6, 6.07) is 8.07. The van der Waals surface area contributed by atoms with E-state index < -0.39 is 5.60 Å². The molecule has 4 heteroatoms. The number of nitrogens with zero attached hydrogens (tertiary/aromatic N) is 1. The molecule has 1 N–H and O–H groups in total. The third kappa shape index (κ3) is 2.50. The number of benzene rings is 1. The highest BCUT2D eigenvalue weighted by Crippen LogP contribution is 2.43. The second kappa shape index (κ2) is 5.58. The van der Waals surface area contributed by atoms with Gasteiger partial charge in [0.25, 0.3) is 0 Å². The topological polar surface area (TPSA) is 41.6 Å². The monoisotopic (exact) mass is 300 g/mol. The van der Waals surface area contributed by atoms with Crippen molar-refractivity contribution in [3.63, 3.8) is 0 Å². The zero-order chi connectivity index (χ0) is 15.0. The van der Waals surface area contributed by atoms with E-state index in [-0.39, 0.29) is 6.09 Å². The summed E-state index contributed by atoms with van der Waals surface area (Å²) < 4.78 is 5.78. The maximum Gasteiger partial charge on any atom is 0.412 e. The summed E-state index contributed by atoms with van der Waals surface area (Å²) in [6.07, 6.45) is 7.10. The number of nitrogens with one attached hydrogen (secondary N) is 1. The molecule has 2 aliphatic heterocycles. The number of likely N-dealkylation sites (tertiary alicyclic amines) is 1. The van der Waals surface area contributed by atoms with Crippen LogP contribution in [0.4, 0.5) is 10.5 Å². The number of hydrogen-bond donors (Lipinski definition) is 1.